The molecule has 2 aromatic rings. The first kappa shape index (κ1) is 12.6. The van der Waals surface area contributed by atoms with Crippen LogP contribution in [0.2, 0.25) is 0 Å². The number of hydrogen-bond acceptors (Lipinski definition) is 2. The van der Waals surface area contributed by atoms with Crippen molar-refractivity contribution in [1.29, 1.82) is 0 Å². The molecule has 0 amide bonds. The average Bonchev–Trinajstić information content (AvgIpc) is 2.38. The number of benzene rings is 2. The number of nitrogens with two attached hydrogens (primary N) is 1. The Labute approximate surface area is 106 Å². The fraction of sp³-hybridized carbons (Fsp3) is 0.200. The van der Waals surface area contributed by atoms with Crippen molar-refractivity contribution >= 4 is 5.69 Å². The van der Waals surface area contributed by atoms with Crippen molar-refractivity contribution in [1.82, 2.24) is 0 Å². The van der Waals surface area contributed by atoms with E-state index in [0.717, 1.165) is 11.3 Å². The lowest BCUT2D eigenvalue weighted by atomic mass is 10.1. The minimum atomic E-state index is -0.234. The molecule has 0 saturated heterocycles. The summed E-state index contributed by atoms with van der Waals surface area (Å²) in [6.07, 6.45) is -0.0924. The van der Waals surface area contributed by atoms with E-state index in [-0.39, 0.29) is 18.5 Å². The highest BCUT2D eigenvalue weighted by Gasteiger charge is 2.07. The molecule has 0 radical (unpaired) electrons. The van der Waals surface area contributed by atoms with Gasteiger partial charge in [0.05, 0.1) is 12.7 Å². The van der Waals surface area contributed by atoms with Gasteiger partial charge in [-0.3, -0.25) is 0 Å². The van der Waals surface area contributed by atoms with Crippen LogP contribution in [0.5, 0.6) is 0 Å². The third kappa shape index (κ3) is 3.08. The molecule has 0 heterocycles. The van der Waals surface area contributed by atoms with Gasteiger partial charge in [-0.05, 0) is 30.7 Å². The van der Waals surface area contributed by atoms with Crippen LogP contribution in [0, 0.1) is 5.82 Å². The third-order valence-electron chi connectivity index (χ3n) is 2.85. The van der Waals surface area contributed by atoms with E-state index in [1.165, 1.54) is 6.07 Å². The molecule has 0 spiro atoms. The summed E-state index contributed by atoms with van der Waals surface area (Å²) in [5.41, 5.74) is 7.94. The van der Waals surface area contributed by atoms with Gasteiger partial charge in [-0.2, -0.15) is 0 Å². The van der Waals surface area contributed by atoms with Gasteiger partial charge in [0.1, 0.15) is 5.82 Å². The summed E-state index contributed by atoms with van der Waals surface area (Å²) >= 11 is 0. The zero-order valence-electron chi connectivity index (χ0n) is 10.3. The van der Waals surface area contributed by atoms with Crippen molar-refractivity contribution in [2.45, 2.75) is 19.6 Å². The minimum Gasteiger partial charge on any atom is -0.399 e. The molecule has 18 heavy (non-hydrogen) atoms. The molecule has 0 aromatic heterocycles. The van der Waals surface area contributed by atoms with E-state index in [2.05, 4.69) is 0 Å². The normalized spacial score (nSPS) is 12.3. The number of ether oxygens (including phenoxy) is 1. The number of nitrogen functional groups attached to an aromatic ring is 1. The lowest BCUT2D eigenvalue weighted by Crippen LogP contribution is -2.02. The van der Waals surface area contributed by atoms with Crippen molar-refractivity contribution in [3.05, 3.63) is 65.5 Å². The fourth-order valence-corrected chi connectivity index (χ4v) is 1.69. The number of anilines is 1. The van der Waals surface area contributed by atoms with E-state index >= 15 is 0 Å². The SMILES string of the molecule is CC(OCc1ccccc1F)c1ccc(N)cc1. The second-order valence-corrected chi connectivity index (χ2v) is 4.21. The van der Waals surface area contributed by atoms with Crippen LogP contribution in [0.15, 0.2) is 48.5 Å². The predicted octanol–water partition coefficient (Wildman–Crippen LogP) is 3.69. The van der Waals surface area contributed by atoms with Gasteiger partial charge in [0.25, 0.3) is 0 Å². The number of halogens is 1. The first-order valence-electron chi connectivity index (χ1n) is 5.87. The standard InChI is InChI=1S/C15H16FNO/c1-11(12-6-8-14(17)9-7-12)18-10-13-4-2-3-5-15(13)16/h2-9,11H,10,17H2,1H3. The lowest BCUT2D eigenvalue weighted by Gasteiger charge is -2.14. The Morgan fingerprint density at radius 2 is 1.78 bits per heavy atom. The molecule has 2 rings (SSSR count). The van der Waals surface area contributed by atoms with Crippen LogP contribution in [0.4, 0.5) is 10.1 Å². The molecule has 2 N–H and O–H groups in total. The van der Waals surface area contributed by atoms with E-state index in [9.17, 15) is 4.39 Å². The molecule has 94 valence electrons. The van der Waals surface area contributed by atoms with Crippen molar-refractivity contribution < 1.29 is 9.13 Å². The first-order chi connectivity index (χ1) is 8.66. The van der Waals surface area contributed by atoms with E-state index < -0.39 is 0 Å². The number of hydrogen-bond donors (Lipinski definition) is 1. The monoisotopic (exact) mass is 245 g/mol. The van der Waals surface area contributed by atoms with Crippen LogP contribution in [0.25, 0.3) is 0 Å². The molecule has 2 aromatic carbocycles. The molecular formula is C15H16FNO. The summed E-state index contributed by atoms with van der Waals surface area (Å²) in [6, 6.07) is 14.1. The highest BCUT2D eigenvalue weighted by atomic mass is 19.1. The van der Waals surface area contributed by atoms with Gasteiger partial charge in [0, 0.05) is 11.3 Å². The smallest absolute Gasteiger partial charge is 0.128 e. The van der Waals surface area contributed by atoms with Crippen molar-refractivity contribution in [2.75, 3.05) is 5.73 Å². The van der Waals surface area contributed by atoms with Gasteiger partial charge in [0.2, 0.25) is 0 Å². The van der Waals surface area contributed by atoms with Crippen LogP contribution >= 0.6 is 0 Å². The van der Waals surface area contributed by atoms with Gasteiger partial charge < -0.3 is 10.5 Å². The molecule has 0 aliphatic rings. The van der Waals surface area contributed by atoms with Crippen LogP contribution in [-0.2, 0) is 11.3 Å². The van der Waals surface area contributed by atoms with Crippen LogP contribution < -0.4 is 5.73 Å². The number of rotatable bonds is 4. The first-order valence-corrected chi connectivity index (χ1v) is 5.87. The minimum absolute atomic E-state index is 0.0924. The van der Waals surface area contributed by atoms with Crippen LogP contribution in [0.3, 0.4) is 0 Å². The van der Waals surface area contributed by atoms with E-state index in [4.69, 9.17) is 10.5 Å². The van der Waals surface area contributed by atoms with Gasteiger partial charge in [-0.25, -0.2) is 4.39 Å². The second-order valence-electron chi connectivity index (χ2n) is 4.21. The largest absolute Gasteiger partial charge is 0.399 e. The summed E-state index contributed by atoms with van der Waals surface area (Å²) in [6.45, 7) is 2.20. The average molecular weight is 245 g/mol. The van der Waals surface area contributed by atoms with E-state index in [1.807, 2.05) is 31.2 Å². The quantitative estimate of drug-likeness (QED) is 0.834. The Kier molecular flexibility index (Phi) is 3.95. The molecule has 1 atom stereocenters. The highest BCUT2D eigenvalue weighted by molar-refractivity contribution is 5.39. The van der Waals surface area contributed by atoms with Crippen molar-refractivity contribution in [3.8, 4) is 0 Å². The lowest BCUT2D eigenvalue weighted by molar-refractivity contribution is 0.0509. The second kappa shape index (κ2) is 5.65. The molecule has 2 nitrogen and oxygen atoms in total. The van der Waals surface area contributed by atoms with Crippen molar-refractivity contribution in [3.63, 3.8) is 0 Å². The van der Waals surface area contributed by atoms with Gasteiger partial charge in [-0.1, -0.05) is 30.3 Å². The van der Waals surface area contributed by atoms with Crippen LogP contribution in [0.1, 0.15) is 24.2 Å². The fourth-order valence-electron chi connectivity index (χ4n) is 1.69. The summed E-state index contributed by atoms with van der Waals surface area (Å²) in [7, 11) is 0. The Morgan fingerprint density at radius 3 is 2.44 bits per heavy atom. The van der Waals surface area contributed by atoms with Crippen LogP contribution in [-0.4, -0.2) is 0 Å². The molecule has 0 bridgehead atoms. The summed E-state index contributed by atoms with van der Waals surface area (Å²) < 4.78 is 19.1. The van der Waals surface area contributed by atoms with Gasteiger partial charge >= 0.3 is 0 Å². The summed E-state index contributed by atoms with van der Waals surface area (Å²) in [4.78, 5) is 0. The predicted molar refractivity (Wildman–Crippen MR) is 70.5 cm³/mol. The zero-order chi connectivity index (χ0) is 13.0. The van der Waals surface area contributed by atoms with E-state index in [0.29, 0.717) is 5.56 Å². The third-order valence-corrected chi connectivity index (χ3v) is 2.85. The maximum absolute atomic E-state index is 13.4. The molecule has 0 saturated carbocycles. The molecule has 0 aliphatic heterocycles. The van der Waals surface area contributed by atoms with E-state index in [1.54, 1.807) is 18.2 Å². The Hall–Kier alpha value is -1.87. The van der Waals surface area contributed by atoms with Gasteiger partial charge in [0.15, 0.2) is 0 Å². The summed E-state index contributed by atoms with van der Waals surface area (Å²) in [5.74, 6) is -0.234. The Bertz CT molecular complexity index is 510. The highest BCUT2D eigenvalue weighted by Crippen LogP contribution is 2.20. The molecule has 0 aliphatic carbocycles. The maximum Gasteiger partial charge on any atom is 0.128 e. The topological polar surface area (TPSA) is 35.2 Å². The Morgan fingerprint density at radius 1 is 1.11 bits per heavy atom. The maximum atomic E-state index is 13.4. The summed E-state index contributed by atoms with van der Waals surface area (Å²) in [5, 5.41) is 0. The zero-order valence-corrected chi connectivity index (χ0v) is 10.3. The molecular weight excluding hydrogens is 229 g/mol. The molecule has 1 unspecified atom stereocenters. The molecule has 0 fully saturated rings. The van der Waals surface area contributed by atoms with Crippen molar-refractivity contribution in [2.24, 2.45) is 0 Å². The molecule has 3 heteroatoms. The van der Waals surface area contributed by atoms with Gasteiger partial charge in [-0.15, -0.1) is 0 Å². The Balaban J connectivity index is 1.98.